The van der Waals surface area contributed by atoms with E-state index in [1.54, 1.807) is 11.9 Å². The van der Waals surface area contributed by atoms with Crippen LogP contribution in [0.3, 0.4) is 0 Å². The number of fused-ring (bicyclic) bond motifs is 7. The normalized spacial score (nSPS) is 27.0. The molecule has 694 valence electrons. The van der Waals surface area contributed by atoms with Crippen LogP contribution in [0.4, 0.5) is 22.1 Å². The van der Waals surface area contributed by atoms with E-state index in [4.69, 9.17) is 29.4 Å². The predicted molar refractivity (Wildman–Crippen MR) is 470 cm³/mol. The third kappa shape index (κ3) is 19.9. The van der Waals surface area contributed by atoms with Gasteiger partial charge in [0, 0.05) is 139 Å². The standard InChI is InChI=1S/C87H116N16O23S2/c1-6-83(120)40-48-26-29-85(80(118)123-5,69-53(27-32-102(44-48)47-83)52-17-13-14-18-56(52)94-69)55-37-54-60(38-62(55)122-4)101(3)77-86(54)30-33-103-31-16-28-84(7-2,76(86)103)78(116)87(77,121)79(117)99-100-82(119)125-35-36-127-128-46-59(75(114)115)96-72(110)58(43-90-64(106)19-12-10-8-9-11-15-34-124-66-39-61(105)68(108)63(45-104)126-66)93-65(107)25-24-57(74(112)113)95-71(109)49-20-22-50(23-21-49)89-41-51-42-91-70-67(92-51)73(111)98-81(88)97-70/h13-14,16-18,20-23,28,37-38,42,48,57-59,61,63,66,68,76-78,89,94,104-105,108,116,120-121H,6-12,15,19,24-27,29-36,39-41,43-47H2,1-5H3,(H,90,106)(H,93,107)(H,95,109)(H,96,110)(H,99,117)(H,100,119)(H,112,113)(H,114,115)(H3,88,91,97,98,111)/t48?,57-,58-,59+,61+,63?,66-,68?,76-,77+,78+,83-,84+,85-,86+,87-/m0/s1. The van der Waals surface area contributed by atoms with Gasteiger partial charge in [0.15, 0.2) is 23.1 Å². The Labute approximate surface area is 745 Å². The zero-order chi connectivity index (χ0) is 91.6. The Bertz CT molecular complexity index is 5150. The van der Waals surface area contributed by atoms with Crippen molar-refractivity contribution in [2.45, 2.75) is 212 Å². The van der Waals surface area contributed by atoms with Crippen molar-refractivity contribution in [3.8, 4) is 5.75 Å². The Morgan fingerprint density at radius 3 is 2.30 bits per heavy atom. The Kier molecular flexibility index (Phi) is 30.7. The number of esters is 1. The van der Waals surface area contributed by atoms with Gasteiger partial charge in [0.1, 0.15) is 54.2 Å². The molecule has 6 amide bonds. The van der Waals surface area contributed by atoms with Crippen LogP contribution in [0.1, 0.15) is 155 Å². The number of carbonyl (C=O) groups excluding carboxylic acids is 7. The molecule has 2 bridgehead atoms. The second kappa shape index (κ2) is 41.2. The number of nitrogens with zero attached hydrogens (tertiary/aromatic N) is 6. The number of carbonyl (C=O) groups is 9. The number of nitrogen functional groups attached to an aromatic ring is 1. The number of hydrogen-bond donors (Lipinski definition) is 18. The maximum atomic E-state index is 15.6. The second-order valence-corrected chi connectivity index (χ2v) is 36.9. The van der Waals surface area contributed by atoms with Crippen molar-refractivity contribution in [3.05, 3.63) is 123 Å². The van der Waals surface area contributed by atoms with Crippen LogP contribution >= 0.6 is 21.6 Å². The van der Waals surface area contributed by atoms with Crippen molar-refractivity contribution >= 4 is 115 Å². The SMILES string of the molecule is CC[C@]1(O)CC2CC[C@](C(=O)OC)(c3cc4c(cc3OC)N(C)[C@H]3[C@@](O)(C(=O)NNC(=O)OCCSSC[C@@H](NC(=O)[C@H](CNC(=O)CCCCCCCCO[C@@H]5C[C@@H](O)C(O)C(CO)O5)NC(=O)CC[C@H](NC(=O)c5ccc(NCc6cnc7nc(N)[nH]c(=O)c7n6)cc5)C(=O)O)C(=O)O)[C@H](O)[C@]5(CC)C=CCN6CC[C@]43[C@@H]65)c3[nH]c4ccccc4c3CCN(C2)C1. The van der Waals surface area contributed by atoms with Crippen LogP contribution in [0.25, 0.3) is 22.1 Å². The van der Waals surface area contributed by atoms with E-state index in [9.17, 15) is 79.2 Å². The summed E-state index contributed by atoms with van der Waals surface area (Å²) in [5.41, 5.74) is 7.21. The molecular weight excluding hydrogens is 1700 g/mol. The minimum absolute atomic E-state index is 0.00552. The van der Waals surface area contributed by atoms with Gasteiger partial charge in [-0.15, -0.1) is 0 Å². The van der Waals surface area contributed by atoms with E-state index >= 15 is 9.59 Å². The molecule has 128 heavy (non-hydrogen) atoms. The van der Waals surface area contributed by atoms with Crippen LogP contribution in [0.2, 0.25) is 0 Å². The fraction of sp³-hybridized carbons (Fsp3) is 0.575. The number of aromatic nitrogens is 5. The highest BCUT2D eigenvalue weighted by molar-refractivity contribution is 8.76. The van der Waals surface area contributed by atoms with Gasteiger partial charge in [-0.2, -0.15) is 4.98 Å². The summed E-state index contributed by atoms with van der Waals surface area (Å²) in [6.45, 7) is 5.82. The van der Waals surface area contributed by atoms with Crippen LogP contribution in [-0.4, -0.2) is 293 Å². The summed E-state index contributed by atoms with van der Waals surface area (Å²) in [5.74, 6) is -7.98. The summed E-state index contributed by atoms with van der Waals surface area (Å²) in [6.07, 6.45) is 4.24. The average molecular weight is 1820 g/mol. The number of anilines is 3. The van der Waals surface area contributed by atoms with Gasteiger partial charge < -0.3 is 107 Å². The number of hydrazine groups is 1. The number of carboxylic acids is 2. The molecule has 4 unspecified atom stereocenters. The Morgan fingerprint density at radius 2 is 1.57 bits per heavy atom. The molecule has 6 aromatic rings. The molecule has 4 fully saturated rings. The molecule has 39 nitrogen and oxygen atoms in total. The highest BCUT2D eigenvalue weighted by Gasteiger charge is 2.79. The third-order valence-corrected chi connectivity index (χ3v) is 28.9. The molecule has 1 saturated carbocycles. The lowest BCUT2D eigenvalue weighted by Crippen LogP contribution is -2.82. The number of nitrogens with one attached hydrogen (secondary N) is 9. The molecule has 3 saturated heterocycles. The quantitative estimate of drug-likeness (QED) is 0.00870. The summed E-state index contributed by atoms with van der Waals surface area (Å²) in [4.78, 5) is 162. The number of aliphatic hydroxyl groups excluding tert-OH is 4. The van der Waals surface area contributed by atoms with Crippen LogP contribution < -0.4 is 58.4 Å². The van der Waals surface area contributed by atoms with Gasteiger partial charge in [-0.3, -0.25) is 53.8 Å². The first-order chi connectivity index (χ1) is 61.4. The number of aliphatic carboxylic acids is 2. The molecule has 6 aliphatic heterocycles. The minimum Gasteiger partial charge on any atom is -0.496 e. The van der Waals surface area contributed by atoms with Crippen molar-refractivity contribution < 1.29 is 108 Å². The number of aromatic amines is 2. The molecular formula is C87H116N16O23S2. The molecule has 0 radical (unpaired) electrons. The number of carboxylic acid groups (broad SMARTS) is 2. The Balaban J connectivity index is 0.633. The van der Waals surface area contributed by atoms with Crippen molar-refractivity contribution in [1.29, 1.82) is 0 Å². The average Bonchev–Trinajstić information content (AvgIpc) is 1.48. The molecule has 1 spiro atoms. The van der Waals surface area contributed by atoms with Gasteiger partial charge in [0.05, 0.1) is 57.0 Å². The van der Waals surface area contributed by atoms with Gasteiger partial charge in [-0.25, -0.2) is 29.8 Å². The van der Waals surface area contributed by atoms with Gasteiger partial charge in [-0.1, -0.05) is 91.5 Å². The predicted octanol–water partition coefficient (Wildman–Crippen LogP) is 2.41. The van der Waals surface area contributed by atoms with Gasteiger partial charge in [-0.05, 0) is 124 Å². The molecule has 13 rings (SSSR count). The molecule has 1 aliphatic carbocycles. The van der Waals surface area contributed by atoms with Gasteiger partial charge >= 0.3 is 24.0 Å². The monoisotopic (exact) mass is 1820 g/mol. The van der Waals surface area contributed by atoms with Crippen molar-refractivity contribution in [3.63, 3.8) is 0 Å². The number of methoxy groups -OCH3 is 2. The number of hydrogen-bond acceptors (Lipinski definition) is 31. The van der Waals surface area contributed by atoms with Crippen molar-refractivity contribution in [1.82, 2.24) is 66.8 Å². The molecule has 3 aromatic heterocycles. The molecule has 17 atom stereocenters. The number of amides is 6. The summed E-state index contributed by atoms with van der Waals surface area (Å²) in [7, 11) is 6.65. The molecule has 41 heteroatoms. The maximum Gasteiger partial charge on any atom is 0.426 e. The van der Waals surface area contributed by atoms with E-state index < -0.39 is 173 Å². The lowest BCUT2D eigenvalue weighted by molar-refractivity contribution is -0.256. The van der Waals surface area contributed by atoms with E-state index in [-0.39, 0.29) is 78.9 Å². The number of rotatable bonds is 38. The fourth-order valence-electron chi connectivity index (χ4n) is 20.2. The van der Waals surface area contributed by atoms with Gasteiger partial charge in [0.2, 0.25) is 23.7 Å². The zero-order valence-electron chi connectivity index (χ0n) is 72.1. The minimum atomic E-state index is -2.70. The first-order valence-electron chi connectivity index (χ1n) is 43.5. The number of piperidine rings is 1. The van der Waals surface area contributed by atoms with Crippen LogP contribution in [0.5, 0.6) is 5.75 Å². The summed E-state index contributed by atoms with van der Waals surface area (Å²) in [5, 5.41) is 103. The highest BCUT2D eigenvalue weighted by atomic mass is 33.1. The smallest absolute Gasteiger partial charge is 0.426 e. The largest absolute Gasteiger partial charge is 0.496 e. The fourth-order valence-corrected chi connectivity index (χ4v) is 22.2. The van der Waals surface area contributed by atoms with Crippen molar-refractivity contribution in [2.24, 2.45) is 11.3 Å². The third-order valence-electron chi connectivity index (χ3n) is 26.5. The van der Waals surface area contributed by atoms with Crippen LogP contribution in [0.15, 0.2) is 83.8 Å². The molecule has 7 aliphatic rings. The first kappa shape index (κ1) is 95.3. The lowest BCUT2D eigenvalue weighted by Gasteiger charge is -2.63. The maximum absolute atomic E-state index is 15.6. The van der Waals surface area contributed by atoms with Gasteiger partial charge in [0.25, 0.3) is 17.4 Å². The number of H-pyrrole nitrogens is 2. The highest BCUT2D eigenvalue weighted by Crippen LogP contribution is 2.68. The van der Waals surface area contributed by atoms with E-state index in [2.05, 4.69) is 72.2 Å². The summed E-state index contributed by atoms with van der Waals surface area (Å²) < 4.78 is 29.1. The Morgan fingerprint density at radius 1 is 0.812 bits per heavy atom. The topological polar surface area (TPSA) is 569 Å². The van der Waals surface area contributed by atoms with Crippen LogP contribution in [0, 0.1) is 11.3 Å². The van der Waals surface area contributed by atoms with E-state index in [0.717, 1.165) is 57.3 Å². The number of unbranched alkanes of at least 4 members (excludes halogenated alkanes) is 5. The number of nitrogens with two attached hydrogens (primary N) is 1. The summed E-state index contributed by atoms with van der Waals surface area (Å²) >= 11 is 0. The zero-order valence-corrected chi connectivity index (χ0v) is 73.8. The lowest BCUT2D eigenvalue weighted by atomic mass is 9.47. The number of likely N-dealkylation sites (N-methyl/N-ethyl adjacent to an activating group) is 1. The van der Waals surface area contributed by atoms with E-state index in [0.29, 0.717) is 130 Å². The molecule has 9 heterocycles. The number of ether oxygens (including phenoxy) is 5. The van der Waals surface area contributed by atoms with Crippen molar-refractivity contribution in [2.75, 3.05) is 108 Å². The number of aliphatic hydroxyl groups is 6. The molecule has 19 N–H and O–H groups in total. The number of para-hydroxylation sites is 1. The van der Waals surface area contributed by atoms with E-state index in [1.807, 2.05) is 62.4 Å². The van der Waals surface area contributed by atoms with Crippen LogP contribution in [-0.2, 0) is 76.3 Å². The summed E-state index contributed by atoms with van der Waals surface area (Å²) in [6, 6.07) is 11.1. The number of benzene rings is 3. The second-order valence-electron chi connectivity index (χ2n) is 34.2. The Hall–Kier alpha value is -10.3. The first-order valence-corrected chi connectivity index (χ1v) is 46.0. The van der Waals surface area contributed by atoms with E-state index in [1.165, 1.54) is 44.7 Å². The molecule has 3 aromatic carbocycles.